The normalized spacial score (nSPS) is 17.5. The molecule has 0 radical (unpaired) electrons. The average Bonchev–Trinajstić information content (AvgIpc) is 2.66. The molecule has 1 amide bonds. The number of hydrogen-bond acceptors (Lipinski definition) is 3. The number of carbonyl (C=O) groups excluding carboxylic acids is 2. The molecule has 1 fully saturated rings. The third-order valence-corrected chi connectivity index (χ3v) is 4.90. The van der Waals surface area contributed by atoms with Gasteiger partial charge in [0.1, 0.15) is 0 Å². The highest BCUT2D eigenvalue weighted by molar-refractivity contribution is 6.30. The lowest BCUT2D eigenvalue weighted by Crippen LogP contribution is -2.41. The van der Waals surface area contributed by atoms with Crippen molar-refractivity contribution in [3.63, 3.8) is 0 Å². The predicted molar refractivity (Wildman–Crippen MR) is 103 cm³/mol. The molecule has 1 aromatic carbocycles. The Morgan fingerprint density at radius 1 is 1.31 bits per heavy atom. The number of Topliss-reactive ketones (excluding diaryl/α,β-unsaturated/α-hetero) is 1. The van der Waals surface area contributed by atoms with E-state index in [1.807, 2.05) is 19.1 Å². The number of aryl methyl sites for hydroxylation is 1. The minimum Gasteiger partial charge on any atom is -0.338 e. The number of hydrogen-bond donors (Lipinski definition) is 0. The summed E-state index contributed by atoms with van der Waals surface area (Å²) in [6, 6.07) is 9.04. The first-order chi connectivity index (χ1) is 12.5. The largest absolute Gasteiger partial charge is 0.338 e. The molecule has 3 rings (SSSR count). The summed E-state index contributed by atoms with van der Waals surface area (Å²) < 4.78 is 0. The SMILES string of the molecule is Cc1cc(Cl)ccc1C(=O)[C@@H]1CCCN(C(=O)/C=C/c2cccnc2)C1. The van der Waals surface area contributed by atoms with Crippen LogP contribution in [0.1, 0.15) is 34.3 Å². The molecule has 1 aliphatic rings. The van der Waals surface area contributed by atoms with Crippen LogP contribution in [0.15, 0.2) is 48.8 Å². The molecule has 134 valence electrons. The molecule has 1 atom stereocenters. The van der Waals surface area contributed by atoms with Crippen LogP contribution in [0.3, 0.4) is 0 Å². The second-order valence-corrected chi connectivity index (χ2v) is 7.00. The van der Waals surface area contributed by atoms with Crippen molar-refractivity contribution in [3.8, 4) is 0 Å². The molecule has 1 aliphatic heterocycles. The van der Waals surface area contributed by atoms with Crippen molar-refractivity contribution in [1.29, 1.82) is 0 Å². The van der Waals surface area contributed by atoms with E-state index in [0.717, 1.165) is 24.0 Å². The van der Waals surface area contributed by atoms with Gasteiger partial charge in [-0.2, -0.15) is 0 Å². The minimum absolute atomic E-state index is 0.0702. The van der Waals surface area contributed by atoms with Gasteiger partial charge in [0.2, 0.25) is 5.91 Å². The Morgan fingerprint density at radius 2 is 2.15 bits per heavy atom. The number of aromatic nitrogens is 1. The first-order valence-electron chi connectivity index (χ1n) is 8.72. The maximum atomic E-state index is 12.9. The van der Waals surface area contributed by atoms with E-state index in [2.05, 4.69) is 4.98 Å². The zero-order valence-electron chi connectivity index (χ0n) is 14.7. The summed E-state index contributed by atoms with van der Waals surface area (Å²) in [5, 5.41) is 0.625. The first kappa shape index (κ1) is 18.3. The standard InChI is InChI=1S/C21H21ClN2O2/c1-15-12-18(22)7-8-19(15)21(26)17-5-3-11-24(14-17)20(25)9-6-16-4-2-10-23-13-16/h2,4,6-10,12-13,17H,3,5,11,14H2,1H3/b9-6+/t17-/m1/s1. The van der Waals surface area contributed by atoms with Crippen molar-refractivity contribution in [2.24, 2.45) is 5.92 Å². The van der Waals surface area contributed by atoms with Crippen LogP contribution in [0, 0.1) is 12.8 Å². The molecule has 0 bridgehead atoms. The number of benzene rings is 1. The Balaban J connectivity index is 1.67. The van der Waals surface area contributed by atoms with Gasteiger partial charge in [0.05, 0.1) is 0 Å². The van der Waals surface area contributed by atoms with Crippen molar-refractivity contribution in [2.75, 3.05) is 13.1 Å². The molecule has 5 heteroatoms. The van der Waals surface area contributed by atoms with Crippen LogP contribution in [0.5, 0.6) is 0 Å². The van der Waals surface area contributed by atoms with Crippen molar-refractivity contribution in [3.05, 3.63) is 70.5 Å². The van der Waals surface area contributed by atoms with Crippen LogP contribution in [0.25, 0.3) is 6.08 Å². The highest BCUT2D eigenvalue weighted by Crippen LogP contribution is 2.24. The molecule has 2 heterocycles. The molecule has 4 nitrogen and oxygen atoms in total. The highest BCUT2D eigenvalue weighted by atomic mass is 35.5. The summed E-state index contributed by atoms with van der Waals surface area (Å²) in [4.78, 5) is 31.1. The van der Waals surface area contributed by atoms with Gasteiger partial charge < -0.3 is 4.90 Å². The molecule has 2 aromatic rings. The van der Waals surface area contributed by atoms with Crippen LogP contribution < -0.4 is 0 Å². The number of pyridine rings is 1. The number of carbonyl (C=O) groups is 2. The Kier molecular flexibility index (Phi) is 5.84. The van der Waals surface area contributed by atoms with Crippen molar-refractivity contribution < 1.29 is 9.59 Å². The first-order valence-corrected chi connectivity index (χ1v) is 9.10. The number of ketones is 1. The van der Waals surface area contributed by atoms with Crippen LogP contribution in [-0.4, -0.2) is 34.7 Å². The second-order valence-electron chi connectivity index (χ2n) is 6.57. The fourth-order valence-electron chi connectivity index (χ4n) is 3.26. The zero-order valence-corrected chi connectivity index (χ0v) is 15.4. The summed E-state index contributed by atoms with van der Waals surface area (Å²) in [6.07, 6.45) is 8.34. The summed E-state index contributed by atoms with van der Waals surface area (Å²) in [6.45, 7) is 3.03. The topological polar surface area (TPSA) is 50.3 Å². The van der Waals surface area contributed by atoms with Crippen LogP contribution in [-0.2, 0) is 4.79 Å². The van der Waals surface area contributed by atoms with E-state index in [4.69, 9.17) is 11.6 Å². The van der Waals surface area contributed by atoms with Crippen molar-refractivity contribution >= 4 is 29.4 Å². The quantitative estimate of drug-likeness (QED) is 0.601. The molecule has 0 aliphatic carbocycles. The summed E-state index contributed by atoms with van der Waals surface area (Å²) in [5.74, 6) is -0.147. The van der Waals surface area contributed by atoms with Gasteiger partial charge in [0, 0.05) is 48.1 Å². The van der Waals surface area contributed by atoms with E-state index in [0.29, 0.717) is 23.7 Å². The number of halogens is 1. The van der Waals surface area contributed by atoms with Gasteiger partial charge in [-0.1, -0.05) is 17.7 Å². The van der Waals surface area contributed by atoms with Gasteiger partial charge in [0.15, 0.2) is 5.78 Å². The van der Waals surface area contributed by atoms with Gasteiger partial charge in [-0.15, -0.1) is 0 Å². The monoisotopic (exact) mass is 368 g/mol. The number of piperidine rings is 1. The fourth-order valence-corrected chi connectivity index (χ4v) is 3.49. The predicted octanol–water partition coefficient (Wildman–Crippen LogP) is 4.18. The number of likely N-dealkylation sites (tertiary alicyclic amines) is 1. The van der Waals surface area contributed by atoms with Crippen molar-refractivity contribution in [2.45, 2.75) is 19.8 Å². The summed E-state index contributed by atoms with van der Waals surface area (Å²) in [5.41, 5.74) is 2.45. The smallest absolute Gasteiger partial charge is 0.246 e. The third kappa shape index (κ3) is 4.38. The number of nitrogens with zero attached hydrogens (tertiary/aromatic N) is 2. The minimum atomic E-state index is -0.167. The zero-order chi connectivity index (χ0) is 18.5. The third-order valence-electron chi connectivity index (χ3n) is 4.66. The van der Waals surface area contributed by atoms with E-state index in [1.165, 1.54) is 0 Å². The fraction of sp³-hybridized carbons (Fsp3) is 0.286. The molecule has 0 unspecified atom stereocenters. The Hall–Kier alpha value is -2.46. The van der Waals surface area contributed by atoms with Gasteiger partial charge in [-0.3, -0.25) is 14.6 Å². The molecule has 0 spiro atoms. The molecule has 26 heavy (non-hydrogen) atoms. The van der Waals surface area contributed by atoms with Gasteiger partial charge >= 0.3 is 0 Å². The molecular weight excluding hydrogens is 348 g/mol. The number of amides is 1. The maximum absolute atomic E-state index is 12.9. The Morgan fingerprint density at radius 3 is 2.88 bits per heavy atom. The van der Waals surface area contributed by atoms with Crippen molar-refractivity contribution in [1.82, 2.24) is 9.88 Å². The van der Waals surface area contributed by atoms with Crippen LogP contribution in [0.4, 0.5) is 0 Å². The Bertz CT molecular complexity index is 833. The van der Waals surface area contributed by atoms with Crippen LogP contribution >= 0.6 is 11.6 Å². The number of rotatable bonds is 4. The van der Waals surface area contributed by atoms with E-state index >= 15 is 0 Å². The van der Waals surface area contributed by atoms with E-state index in [9.17, 15) is 9.59 Å². The van der Waals surface area contributed by atoms with Gasteiger partial charge in [0.25, 0.3) is 0 Å². The Labute approximate surface area is 158 Å². The average molecular weight is 369 g/mol. The molecule has 0 saturated carbocycles. The lowest BCUT2D eigenvalue weighted by atomic mass is 9.88. The second kappa shape index (κ2) is 8.28. The lowest BCUT2D eigenvalue weighted by molar-refractivity contribution is -0.127. The summed E-state index contributed by atoms with van der Waals surface area (Å²) >= 11 is 5.98. The van der Waals surface area contributed by atoms with E-state index < -0.39 is 0 Å². The van der Waals surface area contributed by atoms with Gasteiger partial charge in [-0.05, 0) is 61.2 Å². The molecular formula is C21H21ClN2O2. The molecule has 1 aromatic heterocycles. The molecule has 0 N–H and O–H groups in total. The highest BCUT2D eigenvalue weighted by Gasteiger charge is 2.28. The van der Waals surface area contributed by atoms with Gasteiger partial charge in [-0.25, -0.2) is 0 Å². The van der Waals surface area contributed by atoms with E-state index in [1.54, 1.807) is 47.6 Å². The van der Waals surface area contributed by atoms with E-state index in [-0.39, 0.29) is 17.6 Å². The molecule has 1 saturated heterocycles. The van der Waals surface area contributed by atoms with Crippen LogP contribution in [0.2, 0.25) is 5.02 Å². The lowest BCUT2D eigenvalue weighted by Gasteiger charge is -2.31. The maximum Gasteiger partial charge on any atom is 0.246 e. The summed E-state index contributed by atoms with van der Waals surface area (Å²) in [7, 11) is 0.